The number of ether oxygens (including phenoxy) is 2. The molecule has 1 aromatic carbocycles. The first-order valence-electron chi connectivity index (χ1n) is 11.3. The van der Waals surface area contributed by atoms with Crippen LogP contribution < -0.4 is 10.1 Å². The first kappa shape index (κ1) is 23.5. The van der Waals surface area contributed by atoms with Crippen LogP contribution in [0.2, 0.25) is 0 Å². The van der Waals surface area contributed by atoms with Gasteiger partial charge in [0.05, 0.1) is 24.7 Å². The first-order chi connectivity index (χ1) is 15.0. The molecule has 0 saturated carbocycles. The van der Waals surface area contributed by atoms with Crippen molar-refractivity contribution in [3.63, 3.8) is 0 Å². The molecule has 172 valence electrons. The van der Waals surface area contributed by atoms with Gasteiger partial charge < -0.3 is 24.3 Å². The summed E-state index contributed by atoms with van der Waals surface area (Å²) in [5.41, 5.74) is 1.72. The van der Waals surface area contributed by atoms with Crippen molar-refractivity contribution in [2.45, 2.75) is 64.6 Å². The number of piperidine rings is 1. The maximum absolute atomic E-state index is 14.0. The van der Waals surface area contributed by atoms with E-state index in [4.69, 9.17) is 9.47 Å². The summed E-state index contributed by atoms with van der Waals surface area (Å²) in [4.78, 5) is 15.5. The van der Waals surface area contributed by atoms with E-state index in [-0.39, 0.29) is 30.2 Å². The molecule has 7 heteroatoms. The van der Waals surface area contributed by atoms with E-state index in [0.717, 1.165) is 56.5 Å². The van der Waals surface area contributed by atoms with Gasteiger partial charge in [0.1, 0.15) is 11.6 Å². The van der Waals surface area contributed by atoms with Gasteiger partial charge >= 0.3 is 0 Å². The zero-order valence-corrected chi connectivity index (χ0v) is 19.2. The van der Waals surface area contributed by atoms with Crippen LogP contribution in [0.15, 0.2) is 18.2 Å². The molecule has 0 aliphatic carbocycles. The van der Waals surface area contributed by atoms with Crippen molar-refractivity contribution >= 4 is 16.8 Å². The van der Waals surface area contributed by atoms with Gasteiger partial charge in [-0.05, 0) is 64.3 Å². The van der Waals surface area contributed by atoms with Crippen LogP contribution in [0, 0.1) is 5.82 Å². The number of carbonyl (C=O) groups excluding carboxylic acids is 1. The maximum atomic E-state index is 14.0. The van der Waals surface area contributed by atoms with Gasteiger partial charge in [0.2, 0.25) is 5.91 Å². The lowest BCUT2D eigenvalue weighted by atomic mass is 10.0. The molecule has 1 aliphatic rings. The summed E-state index contributed by atoms with van der Waals surface area (Å²) < 4.78 is 27.0. The number of hydrogen-bond donors (Lipinski definition) is 1. The van der Waals surface area contributed by atoms with Crippen molar-refractivity contribution in [2.24, 2.45) is 0 Å². The van der Waals surface area contributed by atoms with E-state index in [9.17, 15) is 9.18 Å². The quantitative estimate of drug-likeness (QED) is 0.580. The molecule has 1 saturated heterocycles. The number of hydrogen-bond acceptors (Lipinski definition) is 4. The molecule has 0 bridgehead atoms. The second-order valence-electron chi connectivity index (χ2n) is 8.56. The summed E-state index contributed by atoms with van der Waals surface area (Å²) in [6.07, 6.45) is 4.14. The van der Waals surface area contributed by atoms with Crippen LogP contribution in [0.5, 0.6) is 5.75 Å². The molecule has 1 amide bonds. The third-order valence-corrected chi connectivity index (χ3v) is 6.09. The lowest BCUT2D eigenvalue weighted by Crippen LogP contribution is -2.52. The molecule has 1 aromatic heterocycles. The number of methoxy groups -OCH3 is 2. The number of aromatic nitrogens is 1. The summed E-state index contributed by atoms with van der Waals surface area (Å²) in [6.45, 7) is 7.38. The number of carbonyl (C=O) groups is 1. The van der Waals surface area contributed by atoms with Gasteiger partial charge in [-0.25, -0.2) is 4.39 Å². The second-order valence-corrected chi connectivity index (χ2v) is 8.56. The third-order valence-electron chi connectivity index (χ3n) is 6.09. The van der Waals surface area contributed by atoms with Crippen LogP contribution in [0.4, 0.5) is 4.39 Å². The zero-order valence-electron chi connectivity index (χ0n) is 19.2. The van der Waals surface area contributed by atoms with Crippen molar-refractivity contribution in [1.29, 1.82) is 0 Å². The molecular formula is C24H36FN3O3. The Bertz CT molecular complexity index is 875. The van der Waals surface area contributed by atoms with Gasteiger partial charge in [0.15, 0.2) is 0 Å². The van der Waals surface area contributed by atoms with Crippen LogP contribution in [-0.4, -0.2) is 61.4 Å². The number of fused-ring (bicyclic) bond motifs is 1. The zero-order chi connectivity index (χ0) is 22.4. The molecule has 31 heavy (non-hydrogen) atoms. The highest BCUT2D eigenvalue weighted by Crippen LogP contribution is 2.35. The Kier molecular flexibility index (Phi) is 8.32. The lowest BCUT2D eigenvalue weighted by molar-refractivity contribution is -0.135. The van der Waals surface area contributed by atoms with Gasteiger partial charge in [0.25, 0.3) is 0 Å². The maximum Gasteiger partial charge on any atom is 0.229 e. The van der Waals surface area contributed by atoms with Crippen LogP contribution in [0.1, 0.15) is 45.2 Å². The minimum Gasteiger partial charge on any atom is -0.494 e. The van der Waals surface area contributed by atoms with Gasteiger partial charge in [-0.3, -0.25) is 4.79 Å². The Morgan fingerprint density at radius 2 is 2.13 bits per heavy atom. The Morgan fingerprint density at radius 1 is 1.32 bits per heavy atom. The molecule has 1 fully saturated rings. The standard InChI is InChI=1S/C24H36FN3O3/c1-17(2)28(19-8-7-11-26-16-19)23(29)15-22-24(31-4)20-14-18(25)9-10-21(20)27(22)12-5-6-13-30-3/h9-10,14,17,19,26H,5-8,11-13,15-16H2,1-4H3/t19-/m1/s1. The average molecular weight is 434 g/mol. The first-order valence-corrected chi connectivity index (χ1v) is 11.3. The van der Waals surface area contributed by atoms with E-state index >= 15 is 0 Å². The normalized spacial score (nSPS) is 16.8. The Morgan fingerprint density at radius 3 is 2.77 bits per heavy atom. The van der Waals surface area contributed by atoms with Crippen molar-refractivity contribution in [3.8, 4) is 5.75 Å². The Labute approximate surface area is 184 Å². The van der Waals surface area contributed by atoms with E-state index in [0.29, 0.717) is 17.7 Å². The van der Waals surface area contributed by atoms with Crippen molar-refractivity contribution in [3.05, 3.63) is 29.7 Å². The molecule has 1 N–H and O–H groups in total. The molecule has 1 atom stereocenters. The summed E-state index contributed by atoms with van der Waals surface area (Å²) in [6, 6.07) is 5.05. The largest absolute Gasteiger partial charge is 0.494 e. The van der Waals surface area contributed by atoms with Gasteiger partial charge in [0, 0.05) is 44.3 Å². The van der Waals surface area contributed by atoms with Crippen LogP contribution >= 0.6 is 0 Å². The Balaban J connectivity index is 1.95. The fraction of sp³-hybridized carbons (Fsp3) is 0.625. The van der Waals surface area contributed by atoms with Crippen molar-refractivity contribution < 1.29 is 18.7 Å². The number of nitrogens with zero attached hydrogens (tertiary/aromatic N) is 2. The molecule has 6 nitrogen and oxygen atoms in total. The monoisotopic (exact) mass is 433 g/mol. The van der Waals surface area contributed by atoms with Crippen LogP contribution in [-0.2, 0) is 22.5 Å². The molecule has 1 aliphatic heterocycles. The number of rotatable bonds is 10. The summed E-state index contributed by atoms with van der Waals surface area (Å²) in [5, 5.41) is 4.13. The summed E-state index contributed by atoms with van der Waals surface area (Å²) in [7, 11) is 3.29. The lowest BCUT2D eigenvalue weighted by Gasteiger charge is -2.37. The van der Waals surface area contributed by atoms with E-state index in [1.54, 1.807) is 20.3 Å². The van der Waals surface area contributed by atoms with E-state index in [2.05, 4.69) is 23.7 Å². The third kappa shape index (κ3) is 5.39. The number of aryl methyl sites for hydroxylation is 1. The SMILES string of the molecule is COCCCCn1c(CC(=O)N(C(C)C)[C@@H]2CCCNC2)c(OC)c2cc(F)ccc21. The summed E-state index contributed by atoms with van der Waals surface area (Å²) >= 11 is 0. The predicted molar refractivity (Wildman–Crippen MR) is 121 cm³/mol. The second kappa shape index (κ2) is 11.0. The fourth-order valence-electron chi connectivity index (χ4n) is 4.74. The van der Waals surface area contributed by atoms with Gasteiger partial charge in [-0.15, -0.1) is 0 Å². The molecule has 0 spiro atoms. The van der Waals surface area contributed by atoms with Crippen molar-refractivity contribution in [1.82, 2.24) is 14.8 Å². The average Bonchev–Trinajstić information content (AvgIpc) is 3.03. The minimum atomic E-state index is -0.308. The number of amides is 1. The number of halogens is 1. The fourth-order valence-corrected chi connectivity index (χ4v) is 4.74. The smallest absolute Gasteiger partial charge is 0.229 e. The topological polar surface area (TPSA) is 55.7 Å². The molecule has 0 unspecified atom stereocenters. The van der Waals surface area contributed by atoms with E-state index in [1.165, 1.54) is 12.1 Å². The van der Waals surface area contributed by atoms with Gasteiger partial charge in [-0.1, -0.05) is 0 Å². The molecule has 0 radical (unpaired) electrons. The van der Waals surface area contributed by atoms with E-state index in [1.807, 2.05) is 4.90 Å². The highest BCUT2D eigenvalue weighted by atomic mass is 19.1. The minimum absolute atomic E-state index is 0.0865. The predicted octanol–water partition coefficient (Wildman–Crippen LogP) is 3.75. The van der Waals surface area contributed by atoms with E-state index < -0.39 is 0 Å². The molecule has 2 aromatic rings. The number of benzene rings is 1. The summed E-state index contributed by atoms with van der Waals surface area (Å²) in [5.74, 6) is 0.376. The Hall–Kier alpha value is -2.12. The molecule has 3 rings (SSSR count). The number of unbranched alkanes of at least 4 members (excludes halogenated alkanes) is 1. The van der Waals surface area contributed by atoms with Crippen LogP contribution in [0.25, 0.3) is 10.9 Å². The van der Waals surface area contributed by atoms with Crippen LogP contribution in [0.3, 0.4) is 0 Å². The molecular weight excluding hydrogens is 397 g/mol. The van der Waals surface area contributed by atoms with Crippen molar-refractivity contribution in [2.75, 3.05) is 33.9 Å². The molecule has 2 heterocycles. The highest BCUT2D eigenvalue weighted by Gasteiger charge is 2.30. The highest BCUT2D eigenvalue weighted by molar-refractivity contribution is 5.91. The number of nitrogens with one attached hydrogen (secondary N) is 1. The van der Waals surface area contributed by atoms with Gasteiger partial charge in [-0.2, -0.15) is 0 Å².